The molecule has 1 atom stereocenters. The van der Waals surface area contributed by atoms with E-state index in [4.69, 9.17) is 14.2 Å². The maximum absolute atomic E-state index is 12.9. The first-order valence-electron chi connectivity index (χ1n) is 30.1. The Bertz CT molecular complexity index is 1200. The van der Waals surface area contributed by atoms with Gasteiger partial charge in [-0.3, -0.25) is 14.4 Å². The predicted molar refractivity (Wildman–Crippen MR) is 298 cm³/mol. The molecule has 0 aromatic heterocycles. The monoisotopic (exact) mass is 967 g/mol. The van der Waals surface area contributed by atoms with Crippen molar-refractivity contribution in [1.29, 1.82) is 0 Å². The highest BCUT2D eigenvalue weighted by atomic mass is 16.6. The molecule has 0 spiro atoms. The largest absolute Gasteiger partial charge is 0.462 e. The van der Waals surface area contributed by atoms with Gasteiger partial charge >= 0.3 is 17.9 Å². The summed E-state index contributed by atoms with van der Waals surface area (Å²) >= 11 is 0. The van der Waals surface area contributed by atoms with Gasteiger partial charge in [0.25, 0.3) is 0 Å². The lowest BCUT2D eigenvalue weighted by Crippen LogP contribution is -2.30. The maximum atomic E-state index is 12.9. The Morgan fingerprint density at radius 1 is 0.290 bits per heavy atom. The van der Waals surface area contributed by atoms with Crippen molar-refractivity contribution in [1.82, 2.24) is 0 Å². The van der Waals surface area contributed by atoms with Gasteiger partial charge in [0, 0.05) is 19.3 Å². The van der Waals surface area contributed by atoms with Gasteiger partial charge in [-0.15, -0.1) is 0 Å². The van der Waals surface area contributed by atoms with Gasteiger partial charge in [0.1, 0.15) is 13.2 Å². The van der Waals surface area contributed by atoms with Crippen LogP contribution in [0.5, 0.6) is 0 Å². The van der Waals surface area contributed by atoms with E-state index in [2.05, 4.69) is 69.4 Å². The minimum atomic E-state index is -0.785. The number of allylic oxidation sites excluding steroid dienone is 8. The molecule has 0 aromatic rings. The summed E-state index contributed by atoms with van der Waals surface area (Å²) < 4.78 is 16.9. The van der Waals surface area contributed by atoms with Crippen LogP contribution in [-0.4, -0.2) is 37.2 Å². The molecule has 0 aliphatic rings. The van der Waals surface area contributed by atoms with Gasteiger partial charge in [-0.25, -0.2) is 0 Å². The first kappa shape index (κ1) is 66.4. The minimum Gasteiger partial charge on any atom is -0.462 e. The second kappa shape index (κ2) is 57.9. The first-order chi connectivity index (χ1) is 34.0. The van der Waals surface area contributed by atoms with Crippen molar-refractivity contribution in [2.24, 2.45) is 0 Å². The molecular weight excluding hydrogens is 853 g/mol. The van der Waals surface area contributed by atoms with Crippen LogP contribution >= 0.6 is 0 Å². The fourth-order valence-corrected chi connectivity index (χ4v) is 8.74. The second-order valence-corrected chi connectivity index (χ2v) is 20.3. The predicted octanol–water partition coefficient (Wildman–Crippen LogP) is 20.2. The Morgan fingerprint density at radius 3 is 0.855 bits per heavy atom. The molecule has 6 heteroatoms. The summed E-state index contributed by atoms with van der Waals surface area (Å²) in [6.07, 6.45) is 71.0. The van der Waals surface area contributed by atoms with Crippen LogP contribution in [0.15, 0.2) is 48.6 Å². The average Bonchev–Trinajstić information content (AvgIpc) is 3.35. The number of unbranched alkanes of at least 4 members (excludes halogenated alkanes) is 36. The molecule has 0 aliphatic carbocycles. The van der Waals surface area contributed by atoms with Crippen molar-refractivity contribution >= 4 is 17.9 Å². The SMILES string of the molecule is CCCCC/C=C\C/C=C\C/C=C\CCCCCCC(=O)O[C@H](COC(=O)CCCCCCCCC/C=C\CCCCCCCC)COC(=O)CCCCCCCCCCCCCCCCCCC. The molecule has 69 heavy (non-hydrogen) atoms. The van der Waals surface area contributed by atoms with Crippen LogP contribution in [0, 0.1) is 0 Å². The average molecular weight is 968 g/mol. The number of hydrogen-bond donors (Lipinski definition) is 0. The van der Waals surface area contributed by atoms with E-state index in [1.807, 2.05) is 0 Å². The summed E-state index contributed by atoms with van der Waals surface area (Å²) in [5.41, 5.74) is 0. The number of ether oxygens (including phenoxy) is 3. The summed E-state index contributed by atoms with van der Waals surface area (Å²) in [6, 6.07) is 0. The molecule has 0 unspecified atom stereocenters. The molecule has 0 rings (SSSR count). The third-order valence-corrected chi connectivity index (χ3v) is 13.3. The van der Waals surface area contributed by atoms with E-state index in [9.17, 15) is 14.4 Å². The van der Waals surface area contributed by atoms with E-state index in [0.29, 0.717) is 19.3 Å². The molecule has 0 radical (unpaired) electrons. The molecule has 0 saturated carbocycles. The highest BCUT2D eigenvalue weighted by molar-refractivity contribution is 5.71. The molecule has 0 fully saturated rings. The van der Waals surface area contributed by atoms with Gasteiger partial charge in [-0.05, 0) is 83.5 Å². The van der Waals surface area contributed by atoms with E-state index < -0.39 is 6.10 Å². The molecule has 6 nitrogen and oxygen atoms in total. The lowest BCUT2D eigenvalue weighted by atomic mass is 10.0. The summed E-state index contributed by atoms with van der Waals surface area (Å²) in [6.45, 7) is 6.63. The number of esters is 3. The number of hydrogen-bond acceptors (Lipinski definition) is 6. The van der Waals surface area contributed by atoms with Gasteiger partial charge in [-0.2, -0.15) is 0 Å². The zero-order chi connectivity index (χ0) is 50.0. The van der Waals surface area contributed by atoms with Crippen LogP contribution in [-0.2, 0) is 28.6 Å². The molecule has 0 saturated heterocycles. The van der Waals surface area contributed by atoms with Crippen molar-refractivity contribution in [2.45, 2.75) is 322 Å². The maximum Gasteiger partial charge on any atom is 0.306 e. The van der Waals surface area contributed by atoms with Crippen molar-refractivity contribution in [3.63, 3.8) is 0 Å². The highest BCUT2D eigenvalue weighted by Gasteiger charge is 2.19. The van der Waals surface area contributed by atoms with Crippen LogP contribution in [0.2, 0.25) is 0 Å². The fraction of sp³-hybridized carbons (Fsp3) is 0.825. The van der Waals surface area contributed by atoms with E-state index >= 15 is 0 Å². The highest BCUT2D eigenvalue weighted by Crippen LogP contribution is 2.16. The van der Waals surface area contributed by atoms with Crippen molar-refractivity contribution in [2.75, 3.05) is 13.2 Å². The summed E-state index contributed by atoms with van der Waals surface area (Å²) in [7, 11) is 0. The third-order valence-electron chi connectivity index (χ3n) is 13.3. The summed E-state index contributed by atoms with van der Waals surface area (Å²) in [5.74, 6) is -0.889. The Labute approximate surface area is 428 Å². The molecule has 0 bridgehead atoms. The lowest BCUT2D eigenvalue weighted by molar-refractivity contribution is -0.167. The first-order valence-corrected chi connectivity index (χ1v) is 30.1. The van der Waals surface area contributed by atoms with Crippen molar-refractivity contribution < 1.29 is 28.6 Å². The van der Waals surface area contributed by atoms with Crippen LogP contribution in [0.1, 0.15) is 316 Å². The van der Waals surface area contributed by atoms with Gasteiger partial charge in [0.2, 0.25) is 0 Å². The molecule has 0 aromatic carbocycles. The van der Waals surface area contributed by atoms with Crippen LogP contribution < -0.4 is 0 Å². The normalized spacial score (nSPS) is 12.3. The summed E-state index contributed by atoms with van der Waals surface area (Å²) in [4.78, 5) is 38.2. The number of rotatable bonds is 55. The Kier molecular flexibility index (Phi) is 55.7. The topological polar surface area (TPSA) is 78.9 Å². The van der Waals surface area contributed by atoms with Crippen LogP contribution in [0.25, 0.3) is 0 Å². The molecule has 0 amide bonds. The van der Waals surface area contributed by atoms with Gasteiger partial charge in [0.15, 0.2) is 6.10 Å². The molecular formula is C63H114O6. The number of carbonyl (C=O) groups excluding carboxylic acids is 3. The van der Waals surface area contributed by atoms with Crippen LogP contribution in [0.3, 0.4) is 0 Å². The van der Waals surface area contributed by atoms with E-state index in [0.717, 1.165) is 83.5 Å². The quantitative estimate of drug-likeness (QED) is 0.0262. The second-order valence-electron chi connectivity index (χ2n) is 20.3. The summed E-state index contributed by atoms with van der Waals surface area (Å²) in [5, 5.41) is 0. The third kappa shape index (κ3) is 56.2. The standard InChI is InChI=1S/C63H114O6/c1-4-7-10-13-16-19-22-25-28-31-34-37-40-43-46-49-52-55-61(64)67-58-60(69-63(66)57-54-51-48-45-42-39-36-33-30-27-24-21-18-15-12-9-6-3)59-68-62(65)56-53-50-47-44-41-38-35-32-29-26-23-20-17-14-11-8-5-2/h18,21,25,27-28,30,36,39,60H,4-17,19-20,22-24,26,29,31-35,37-38,40-59H2,1-3H3/b21-18-,28-25-,30-27-,39-36-/t60-/m1/s1. The smallest absolute Gasteiger partial charge is 0.306 e. The Morgan fingerprint density at radius 2 is 0.522 bits per heavy atom. The molecule has 0 aliphatic heterocycles. The van der Waals surface area contributed by atoms with Gasteiger partial charge < -0.3 is 14.2 Å². The van der Waals surface area contributed by atoms with Crippen LogP contribution in [0.4, 0.5) is 0 Å². The zero-order valence-electron chi connectivity index (χ0n) is 46.1. The Balaban J connectivity index is 4.39. The van der Waals surface area contributed by atoms with Crippen molar-refractivity contribution in [3.05, 3.63) is 48.6 Å². The van der Waals surface area contributed by atoms with E-state index in [1.54, 1.807) is 0 Å². The zero-order valence-corrected chi connectivity index (χ0v) is 46.1. The minimum absolute atomic E-state index is 0.0804. The lowest BCUT2D eigenvalue weighted by Gasteiger charge is -2.18. The fourth-order valence-electron chi connectivity index (χ4n) is 8.74. The number of carbonyl (C=O) groups is 3. The van der Waals surface area contributed by atoms with Gasteiger partial charge in [-0.1, -0.05) is 262 Å². The molecule has 402 valence electrons. The Hall–Kier alpha value is -2.63. The van der Waals surface area contributed by atoms with Gasteiger partial charge in [0.05, 0.1) is 0 Å². The molecule has 0 N–H and O–H groups in total. The van der Waals surface area contributed by atoms with Crippen molar-refractivity contribution in [3.8, 4) is 0 Å². The molecule has 0 heterocycles. The van der Waals surface area contributed by atoms with E-state index in [-0.39, 0.29) is 31.1 Å². The van der Waals surface area contributed by atoms with E-state index in [1.165, 1.54) is 193 Å².